The lowest BCUT2D eigenvalue weighted by molar-refractivity contribution is 0.132. The second-order valence-electron chi connectivity index (χ2n) is 6.38. The Hall–Kier alpha value is -3.53. The third kappa shape index (κ3) is 3.94. The number of ether oxygens (including phenoxy) is 3. The molecule has 4 rings (SSSR count). The Kier molecular flexibility index (Phi) is 5.32. The van der Waals surface area contributed by atoms with Gasteiger partial charge in [0.2, 0.25) is 5.88 Å². The fraction of sp³-hybridized carbons (Fsp3) is 0.200. The zero-order valence-corrected chi connectivity index (χ0v) is 17.0. The number of rotatable bonds is 6. The maximum absolute atomic E-state index is 14.4. The third-order valence-electron chi connectivity index (χ3n) is 4.24. The van der Waals surface area contributed by atoms with Crippen molar-refractivity contribution >= 4 is 38.7 Å². The first-order valence-corrected chi connectivity index (χ1v) is 9.73. The number of nitrogens with zero attached hydrogens (tertiary/aromatic N) is 3. The smallest absolute Gasteiger partial charge is 0.404 e. The highest BCUT2D eigenvalue weighted by molar-refractivity contribution is 7.21. The molecule has 2 N–H and O–H groups in total. The van der Waals surface area contributed by atoms with Crippen LogP contribution in [0.5, 0.6) is 11.6 Å². The average Bonchev–Trinajstić information content (AvgIpc) is 3.12. The lowest BCUT2D eigenvalue weighted by Crippen LogP contribution is -2.17. The SMILES string of the molecule is COc1cnc2c(-c3nc4cc(F)c(OCCOC(N)=O)cc4s3)cc(C)cc2n1. The van der Waals surface area contributed by atoms with Crippen LogP contribution in [-0.4, -0.2) is 41.4 Å². The molecule has 154 valence electrons. The summed E-state index contributed by atoms with van der Waals surface area (Å²) in [5.41, 5.74) is 8.55. The van der Waals surface area contributed by atoms with E-state index in [1.54, 1.807) is 12.3 Å². The van der Waals surface area contributed by atoms with Crippen LogP contribution in [0, 0.1) is 12.7 Å². The number of carbonyl (C=O) groups excluding carboxylic acids is 1. The number of halogens is 1. The van der Waals surface area contributed by atoms with Crippen LogP contribution in [0.3, 0.4) is 0 Å². The van der Waals surface area contributed by atoms with Crippen molar-refractivity contribution < 1.29 is 23.4 Å². The van der Waals surface area contributed by atoms with Crippen LogP contribution in [0.15, 0.2) is 30.5 Å². The highest BCUT2D eigenvalue weighted by atomic mass is 32.1. The monoisotopic (exact) mass is 428 g/mol. The molecule has 0 aliphatic rings. The second kappa shape index (κ2) is 8.07. The molecule has 2 aromatic heterocycles. The van der Waals surface area contributed by atoms with Gasteiger partial charge in [-0.2, -0.15) is 0 Å². The molecule has 0 bridgehead atoms. The van der Waals surface area contributed by atoms with Gasteiger partial charge in [0.15, 0.2) is 11.6 Å². The molecule has 1 amide bonds. The summed E-state index contributed by atoms with van der Waals surface area (Å²) in [6, 6.07) is 6.77. The molecule has 0 aliphatic heterocycles. The normalized spacial score (nSPS) is 11.0. The second-order valence-corrected chi connectivity index (χ2v) is 7.41. The first-order valence-electron chi connectivity index (χ1n) is 8.91. The van der Waals surface area contributed by atoms with Crippen molar-refractivity contribution in [2.24, 2.45) is 5.73 Å². The highest BCUT2D eigenvalue weighted by Crippen LogP contribution is 2.36. The molecule has 0 spiro atoms. The number of hydrogen-bond acceptors (Lipinski definition) is 8. The molecule has 0 aliphatic carbocycles. The topological polar surface area (TPSA) is 109 Å². The van der Waals surface area contributed by atoms with E-state index in [0.29, 0.717) is 27.4 Å². The zero-order valence-electron chi connectivity index (χ0n) is 16.1. The lowest BCUT2D eigenvalue weighted by atomic mass is 10.1. The van der Waals surface area contributed by atoms with Crippen molar-refractivity contribution in [3.63, 3.8) is 0 Å². The summed E-state index contributed by atoms with van der Waals surface area (Å²) in [5, 5.41) is 0.687. The van der Waals surface area contributed by atoms with Crippen LogP contribution in [0.25, 0.3) is 31.8 Å². The van der Waals surface area contributed by atoms with Crippen molar-refractivity contribution in [2.75, 3.05) is 20.3 Å². The van der Waals surface area contributed by atoms with Crippen molar-refractivity contribution in [2.45, 2.75) is 6.92 Å². The van der Waals surface area contributed by atoms with Crippen LogP contribution in [0.2, 0.25) is 0 Å². The summed E-state index contributed by atoms with van der Waals surface area (Å²) < 4.78 is 30.2. The van der Waals surface area contributed by atoms with E-state index < -0.39 is 11.9 Å². The Labute approximate surface area is 174 Å². The van der Waals surface area contributed by atoms with Gasteiger partial charge in [0, 0.05) is 17.7 Å². The predicted molar refractivity (Wildman–Crippen MR) is 110 cm³/mol. The first-order chi connectivity index (χ1) is 14.4. The molecule has 8 nitrogen and oxygen atoms in total. The van der Waals surface area contributed by atoms with E-state index in [1.165, 1.54) is 24.5 Å². The Bertz CT molecular complexity index is 1260. The first kappa shape index (κ1) is 19.8. The van der Waals surface area contributed by atoms with E-state index in [0.717, 1.165) is 15.8 Å². The van der Waals surface area contributed by atoms with E-state index in [9.17, 15) is 9.18 Å². The van der Waals surface area contributed by atoms with Gasteiger partial charge in [-0.25, -0.2) is 24.1 Å². The van der Waals surface area contributed by atoms with Crippen LogP contribution >= 0.6 is 11.3 Å². The molecule has 4 aromatic rings. The number of carbonyl (C=O) groups is 1. The summed E-state index contributed by atoms with van der Waals surface area (Å²) in [5.74, 6) is -0.0889. The van der Waals surface area contributed by atoms with Gasteiger partial charge in [-0.15, -0.1) is 11.3 Å². The van der Waals surface area contributed by atoms with E-state index in [1.807, 2.05) is 19.1 Å². The minimum absolute atomic E-state index is 0.0169. The summed E-state index contributed by atoms with van der Waals surface area (Å²) in [4.78, 5) is 24.1. The number of methoxy groups -OCH3 is 1. The molecule has 0 unspecified atom stereocenters. The summed E-state index contributed by atoms with van der Waals surface area (Å²) in [6.45, 7) is 1.87. The van der Waals surface area contributed by atoms with Gasteiger partial charge in [-0.1, -0.05) is 0 Å². The van der Waals surface area contributed by atoms with Crippen molar-refractivity contribution in [1.29, 1.82) is 0 Å². The maximum Gasteiger partial charge on any atom is 0.404 e. The Balaban J connectivity index is 1.71. The largest absolute Gasteiger partial charge is 0.487 e. The Morgan fingerprint density at radius 3 is 2.77 bits per heavy atom. The van der Waals surface area contributed by atoms with E-state index in [4.69, 9.17) is 15.2 Å². The summed E-state index contributed by atoms with van der Waals surface area (Å²) in [6.07, 6.45) is 0.640. The van der Waals surface area contributed by atoms with Crippen molar-refractivity contribution in [1.82, 2.24) is 15.0 Å². The average molecular weight is 428 g/mol. The molecular formula is C20H17FN4O4S. The van der Waals surface area contributed by atoms with Crippen LogP contribution in [-0.2, 0) is 4.74 Å². The van der Waals surface area contributed by atoms with Gasteiger partial charge in [-0.05, 0) is 24.6 Å². The minimum atomic E-state index is -0.910. The number of nitrogens with two attached hydrogens (primary N) is 1. The summed E-state index contributed by atoms with van der Waals surface area (Å²) >= 11 is 1.39. The number of fused-ring (bicyclic) bond motifs is 2. The summed E-state index contributed by atoms with van der Waals surface area (Å²) in [7, 11) is 1.54. The zero-order chi connectivity index (χ0) is 21.3. The molecular weight excluding hydrogens is 411 g/mol. The molecule has 0 saturated carbocycles. The lowest BCUT2D eigenvalue weighted by Gasteiger charge is -2.06. The molecule has 2 aromatic carbocycles. The van der Waals surface area contributed by atoms with Crippen LogP contribution < -0.4 is 15.2 Å². The van der Waals surface area contributed by atoms with Crippen molar-refractivity contribution in [3.05, 3.63) is 41.8 Å². The Morgan fingerprint density at radius 2 is 2.00 bits per heavy atom. The molecule has 2 heterocycles. The molecule has 0 fully saturated rings. The van der Waals surface area contributed by atoms with Gasteiger partial charge in [0.25, 0.3) is 0 Å². The number of amides is 1. The minimum Gasteiger partial charge on any atom is -0.487 e. The molecule has 0 saturated heterocycles. The van der Waals surface area contributed by atoms with Gasteiger partial charge in [0.1, 0.15) is 18.2 Å². The number of aromatic nitrogens is 3. The number of aryl methyl sites for hydroxylation is 1. The van der Waals surface area contributed by atoms with Crippen LogP contribution in [0.1, 0.15) is 5.56 Å². The number of thiazole rings is 1. The van der Waals surface area contributed by atoms with E-state index in [2.05, 4.69) is 19.7 Å². The standard InChI is InChI=1S/C20H17FN4O4S/c1-10-5-11(18-14(6-10)24-17(27-2)9-23-18)19-25-13-7-12(21)15(8-16(13)30-19)28-3-4-29-20(22)26/h5-9H,3-4H2,1-2H3,(H2,22,26). The van der Waals surface area contributed by atoms with E-state index >= 15 is 0 Å². The quantitative estimate of drug-likeness (QED) is 0.465. The fourth-order valence-electron chi connectivity index (χ4n) is 2.96. The molecule has 10 heteroatoms. The van der Waals surface area contributed by atoms with Gasteiger partial charge in [-0.3, -0.25) is 0 Å². The van der Waals surface area contributed by atoms with Crippen molar-refractivity contribution in [3.8, 4) is 22.2 Å². The van der Waals surface area contributed by atoms with E-state index in [-0.39, 0.29) is 19.0 Å². The Morgan fingerprint density at radius 1 is 1.17 bits per heavy atom. The van der Waals surface area contributed by atoms with Gasteiger partial charge >= 0.3 is 6.09 Å². The van der Waals surface area contributed by atoms with Gasteiger partial charge < -0.3 is 19.9 Å². The highest BCUT2D eigenvalue weighted by Gasteiger charge is 2.16. The third-order valence-corrected chi connectivity index (χ3v) is 5.29. The number of primary amides is 1. The molecule has 0 atom stereocenters. The maximum atomic E-state index is 14.4. The predicted octanol–water partition coefficient (Wildman–Crippen LogP) is 3.84. The van der Waals surface area contributed by atoms with Gasteiger partial charge in [0.05, 0.1) is 34.6 Å². The molecule has 0 radical (unpaired) electrons. The number of hydrogen-bond donors (Lipinski definition) is 1. The molecule has 30 heavy (non-hydrogen) atoms. The fourth-order valence-corrected chi connectivity index (χ4v) is 3.95. The van der Waals surface area contributed by atoms with Crippen LogP contribution in [0.4, 0.5) is 9.18 Å². The number of benzene rings is 2.